The van der Waals surface area contributed by atoms with Crippen LogP contribution in [0.2, 0.25) is 0 Å². The van der Waals surface area contributed by atoms with Gasteiger partial charge in [-0.05, 0) is 71.0 Å². The third kappa shape index (κ3) is 4.91. The van der Waals surface area contributed by atoms with E-state index in [0.29, 0.717) is 43.9 Å². The number of benzene rings is 2. The van der Waals surface area contributed by atoms with Gasteiger partial charge in [-0.15, -0.1) is 0 Å². The van der Waals surface area contributed by atoms with Crippen molar-refractivity contribution >= 4 is 55.7 Å². The summed E-state index contributed by atoms with van der Waals surface area (Å²) >= 11 is 4.67. The van der Waals surface area contributed by atoms with Gasteiger partial charge in [0.05, 0.1) is 29.3 Å². The largest absolute Gasteiger partial charge is 0.497 e. The predicted molar refractivity (Wildman–Crippen MR) is 127 cm³/mol. The highest BCUT2D eigenvalue weighted by molar-refractivity contribution is 9.10. The van der Waals surface area contributed by atoms with Gasteiger partial charge in [-0.2, -0.15) is 0 Å². The second-order valence-corrected chi connectivity index (χ2v) is 8.56. The predicted octanol–water partition coefficient (Wildman–Crippen LogP) is 2.81. The van der Waals surface area contributed by atoms with E-state index >= 15 is 0 Å². The van der Waals surface area contributed by atoms with E-state index < -0.39 is 11.9 Å². The average molecular weight is 521 g/mol. The molecule has 10 heteroatoms. The molecule has 0 spiro atoms. The highest BCUT2D eigenvalue weighted by Gasteiger charge is 2.26. The molecule has 4 N–H and O–H groups in total. The number of fused-ring (bicyclic) bond motifs is 1. The first-order valence-electron chi connectivity index (χ1n) is 9.64. The molecule has 32 heavy (non-hydrogen) atoms. The molecule has 8 nitrogen and oxygen atoms in total. The van der Waals surface area contributed by atoms with Gasteiger partial charge in [0.1, 0.15) is 11.5 Å². The highest BCUT2D eigenvalue weighted by atomic mass is 79.9. The standard InChI is InChI=1S/C22H22BrN3O5S/c1-4-30-21(28)20-15-9-19(31-12(2)27)16(23)10-17(15)26(18(20)11-32-22(24)25)13-5-7-14(29-3)8-6-13/h5-10H,4,11H2,1-3H3,(H3,24,25)/p+1. The van der Waals surface area contributed by atoms with E-state index in [4.69, 9.17) is 25.4 Å². The number of rotatable bonds is 7. The second-order valence-electron chi connectivity index (χ2n) is 6.66. The highest BCUT2D eigenvalue weighted by Crippen LogP contribution is 2.38. The molecule has 0 fully saturated rings. The van der Waals surface area contributed by atoms with Gasteiger partial charge < -0.3 is 18.8 Å². The summed E-state index contributed by atoms with van der Waals surface area (Å²) in [5.41, 5.74) is 8.21. The number of carbonyl (C=O) groups excluding carboxylic acids is 2. The molecule has 0 saturated carbocycles. The second kappa shape index (κ2) is 10.1. The summed E-state index contributed by atoms with van der Waals surface area (Å²) in [5.74, 6) is 0.347. The molecule has 0 atom stereocenters. The minimum absolute atomic E-state index is 0.174. The Labute approximate surface area is 197 Å². The molecule has 168 valence electrons. The SMILES string of the molecule is CCOC(=O)c1c(CSC(N)=[NH2+])n(-c2ccc(OC)cc2)c2cc(Br)c(OC(C)=O)cc12. The molecule has 0 unspecified atom stereocenters. The molecule has 3 rings (SSSR count). The fourth-order valence-electron chi connectivity index (χ4n) is 3.32. The zero-order chi connectivity index (χ0) is 23.4. The Balaban J connectivity index is 2.37. The van der Waals surface area contributed by atoms with Gasteiger partial charge in [0.15, 0.2) is 0 Å². The summed E-state index contributed by atoms with van der Waals surface area (Å²) < 4.78 is 18.4. The maximum atomic E-state index is 13.0. The number of methoxy groups -OCH3 is 1. The van der Waals surface area contributed by atoms with Crippen molar-refractivity contribution in [3.8, 4) is 17.2 Å². The maximum Gasteiger partial charge on any atom is 0.340 e. The monoisotopic (exact) mass is 520 g/mol. The Morgan fingerprint density at radius 2 is 1.91 bits per heavy atom. The molecule has 1 heterocycles. The molecule has 3 aromatic rings. The van der Waals surface area contributed by atoms with Gasteiger partial charge in [0.2, 0.25) is 0 Å². The lowest BCUT2D eigenvalue weighted by Gasteiger charge is -2.12. The first kappa shape index (κ1) is 23.7. The summed E-state index contributed by atoms with van der Waals surface area (Å²) in [6, 6.07) is 10.9. The van der Waals surface area contributed by atoms with Crippen LogP contribution in [0.15, 0.2) is 40.9 Å². The number of esters is 2. The topological polar surface area (TPSA) is 118 Å². The molecule has 0 aliphatic rings. The van der Waals surface area contributed by atoms with Crippen molar-refractivity contribution < 1.29 is 29.2 Å². The van der Waals surface area contributed by atoms with Crippen molar-refractivity contribution in [1.29, 1.82) is 0 Å². The number of aromatic nitrogens is 1. The van der Waals surface area contributed by atoms with Crippen molar-refractivity contribution in [2.75, 3.05) is 13.7 Å². The molecule has 0 saturated heterocycles. The van der Waals surface area contributed by atoms with E-state index in [2.05, 4.69) is 15.9 Å². The first-order chi connectivity index (χ1) is 15.3. The number of nitrogens with two attached hydrogens (primary N) is 2. The van der Waals surface area contributed by atoms with E-state index in [9.17, 15) is 9.59 Å². The molecule has 2 aromatic carbocycles. The smallest absolute Gasteiger partial charge is 0.340 e. The van der Waals surface area contributed by atoms with Crippen molar-refractivity contribution in [1.82, 2.24) is 4.57 Å². The Hall–Kier alpha value is -2.98. The number of hydrogen-bond donors (Lipinski definition) is 2. The number of hydrogen-bond acceptors (Lipinski definition) is 6. The van der Waals surface area contributed by atoms with Crippen molar-refractivity contribution in [2.45, 2.75) is 19.6 Å². The van der Waals surface area contributed by atoms with Crippen LogP contribution >= 0.6 is 27.7 Å². The third-order valence-electron chi connectivity index (χ3n) is 4.56. The maximum absolute atomic E-state index is 13.0. The number of ether oxygens (including phenoxy) is 3. The third-order valence-corrected chi connectivity index (χ3v) is 5.93. The number of carbonyl (C=O) groups is 2. The minimum Gasteiger partial charge on any atom is -0.497 e. The quantitative estimate of drug-likeness (QED) is 0.213. The zero-order valence-corrected chi connectivity index (χ0v) is 20.2. The van der Waals surface area contributed by atoms with Crippen LogP contribution in [0.1, 0.15) is 29.9 Å². The van der Waals surface area contributed by atoms with Crippen LogP contribution in [-0.4, -0.2) is 35.4 Å². The molecule has 0 bridgehead atoms. The lowest BCUT2D eigenvalue weighted by atomic mass is 10.1. The van der Waals surface area contributed by atoms with E-state index in [1.54, 1.807) is 26.2 Å². The number of nitrogens with zero attached hydrogens (tertiary/aromatic N) is 1. The first-order valence-corrected chi connectivity index (χ1v) is 11.4. The Bertz CT molecular complexity index is 1190. The number of amidine groups is 1. The van der Waals surface area contributed by atoms with E-state index in [1.807, 2.05) is 28.8 Å². The van der Waals surface area contributed by atoms with Gasteiger partial charge in [-0.1, -0.05) is 0 Å². The van der Waals surface area contributed by atoms with Gasteiger partial charge in [0, 0.05) is 29.4 Å². The van der Waals surface area contributed by atoms with Crippen LogP contribution in [0.3, 0.4) is 0 Å². The van der Waals surface area contributed by atoms with E-state index in [0.717, 1.165) is 5.69 Å². The van der Waals surface area contributed by atoms with Crippen LogP contribution in [-0.2, 0) is 15.3 Å². The number of halogens is 1. The summed E-state index contributed by atoms with van der Waals surface area (Å²) in [7, 11) is 1.59. The summed E-state index contributed by atoms with van der Waals surface area (Å²) in [6.45, 7) is 3.26. The molecule has 1 aromatic heterocycles. The van der Waals surface area contributed by atoms with Crippen molar-refractivity contribution in [3.05, 3.63) is 52.1 Å². The zero-order valence-electron chi connectivity index (χ0n) is 17.8. The van der Waals surface area contributed by atoms with Crippen LogP contribution in [0.4, 0.5) is 0 Å². The lowest BCUT2D eigenvalue weighted by Crippen LogP contribution is -2.43. The fraction of sp³-hybridized carbons (Fsp3) is 0.227. The van der Waals surface area contributed by atoms with Crippen LogP contribution in [0.5, 0.6) is 11.5 Å². The summed E-state index contributed by atoms with van der Waals surface area (Å²) in [6.07, 6.45) is 0. The Kier molecular flexibility index (Phi) is 7.47. The van der Waals surface area contributed by atoms with Gasteiger partial charge >= 0.3 is 11.9 Å². The number of thioether (sulfide) groups is 1. The van der Waals surface area contributed by atoms with E-state index in [1.165, 1.54) is 18.7 Å². The molecular formula is C22H23BrN3O5S+. The molecular weight excluding hydrogens is 498 g/mol. The molecule has 0 amide bonds. The van der Waals surface area contributed by atoms with Gasteiger partial charge in [-0.25, -0.2) is 4.79 Å². The minimum atomic E-state index is -0.493. The van der Waals surface area contributed by atoms with Crippen LogP contribution < -0.4 is 20.6 Å². The lowest BCUT2D eigenvalue weighted by molar-refractivity contribution is -0.131. The normalized spacial score (nSPS) is 10.8. The molecule has 0 aliphatic carbocycles. The average Bonchev–Trinajstić information content (AvgIpc) is 3.05. The van der Waals surface area contributed by atoms with Crippen LogP contribution in [0, 0.1) is 0 Å². The molecule has 0 aliphatic heterocycles. The Morgan fingerprint density at radius 3 is 2.47 bits per heavy atom. The Morgan fingerprint density at radius 1 is 1.22 bits per heavy atom. The van der Waals surface area contributed by atoms with E-state index in [-0.39, 0.29) is 11.8 Å². The summed E-state index contributed by atoms with van der Waals surface area (Å²) in [5, 5.41) is 6.45. The molecule has 0 radical (unpaired) electrons. The summed E-state index contributed by atoms with van der Waals surface area (Å²) in [4.78, 5) is 24.6. The fourth-order valence-corrected chi connectivity index (χ4v) is 4.31. The van der Waals surface area contributed by atoms with Crippen LogP contribution in [0.25, 0.3) is 16.6 Å². The van der Waals surface area contributed by atoms with Crippen molar-refractivity contribution in [3.63, 3.8) is 0 Å². The van der Waals surface area contributed by atoms with Crippen molar-refractivity contribution in [2.24, 2.45) is 5.73 Å². The van der Waals surface area contributed by atoms with Gasteiger partial charge in [0.25, 0.3) is 5.17 Å². The van der Waals surface area contributed by atoms with Gasteiger partial charge in [-0.3, -0.25) is 15.9 Å².